The summed E-state index contributed by atoms with van der Waals surface area (Å²) in [6.07, 6.45) is -0.0721. The molecule has 0 aliphatic rings. The maximum absolute atomic E-state index is 8.89. The van der Waals surface area contributed by atoms with Crippen molar-refractivity contribution in [2.75, 3.05) is 0 Å². The van der Waals surface area contributed by atoms with Crippen molar-refractivity contribution in [1.82, 2.24) is 0 Å². The monoisotopic (exact) mass is 160 g/mol. The van der Waals surface area contributed by atoms with Crippen LogP contribution in [0.5, 0.6) is 0 Å². The predicted octanol–water partition coefficient (Wildman–Crippen LogP) is 1.62. The summed E-state index contributed by atoms with van der Waals surface area (Å²) in [5.74, 6) is 0.914. The Morgan fingerprint density at radius 1 is 1.00 bits per heavy atom. The molecule has 0 heterocycles. The first-order valence-electron chi connectivity index (χ1n) is 4.36. The largest absolute Gasteiger partial charge is 0.368 e. The van der Waals surface area contributed by atoms with Crippen molar-refractivity contribution < 1.29 is 10.2 Å². The van der Waals surface area contributed by atoms with Crippen LogP contribution in [0.25, 0.3) is 0 Å². The smallest absolute Gasteiger partial charge is 0.154 e. The summed E-state index contributed by atoms with van der Waals surface area (Å²) < 4.78 is 0. The second kappa shape index (κ2) is 4.73. The minimum absolute atomic E-state index is 0.0232. The van der Waals surface area contributed by atoms with Gasteiger partial charge in [-0.15, -0.1) is 0 Å². The number of hydrogen-bond donors (Lipinski definition) is 2. The van der Waals surface area contributed by atoms with Crippen LogP contribution in [0, 0.1) is 17.8 Å². The summed E-state index contributed by atoms with van der Waals surface area (Å²) in [7, 11) is 0. The highest BCUT2D eigenvalue weighted by Gasteiger charge is 2.22. The van der Waals surface area contributed by atoms with Crippen molar-refractivity contribution in [2.24, 2.45) is 17.8 Å². The van der Waals surface area contributed by atoms with Gasteiger partial charge < -0.3 is 10.2 Å². The summed E-state index contributed by atoms with van der Waals surface area (Å²) in [4.78, 5) is 0. The lowest BCUT2D eigenvalue weighted by Gasteiger charge is -2.26. The minimum atomic E-state index is -1.17. The Balaban J connectivity index is 3.90. The van der Waals surface area contributed by atoms with Gasteiger partial charge in [0.2, 0.25) is 0 Å². The van der Waals surface area contributed by atoms with E-state index in [1.165, 1.54) is 0 Å². The van der Waals surface area contributed by atoms with E-state index in [1.54, 1.807) is 0 Å². The van der Waals surface area contributed by atoms with Gasteiger partial charge in [0.25, 0.3) is 0 Å². The van der Waals surface area contributed by atoms with E-state index >= 15 is 0 Å². The summed E-state index contributed by atoms with van der Waals surface area (Å²) in [5.41, 5.74) is 0. The van der Waals surface area contributed by atoms with Gasteiger partial charge in [-0.25, -0.2) is 0 Å². The number of hydrogen-bond acceptors (Lipinski definition) is 2. The fraction of sp³-hybridized carbons (Fsp3) is 1.00. The van der Waals surface area contributed by atoms with Crippen LogP contribution in [0.15, 0.2) is 0 Å². The maximum Gasteiger partial charge on any atom is 0.154 e. The molecular formula is C9H20O2. The van der Waals surface area contributed by atoms with Crippen LogP contribution in [0.3, 0.4) is 0 Å². The van der Waals surface area contributed by atoms with Crippen molar-refractivity contribution in [1.29, 1.82) is 0 Å². The van der Waals surface area contributed by atoms with E-state index < -0.39 is 6.29 Å². The van der Waals surface area contributed by atoms with Gasteiger partial charge in [-0.05, 0) is 11.8 Å². The van der Waals surface area contributed by atoms with Crippen LogP contribution in [-0.4, -0.2) is 16.5 Å². The van der Waals surface area contributed by atoms with Gasteiger partial charge >= 0.3 is 0 Å². The van der Waals surface area contributed by atoms with Crippen LogP contribution >= 0.6 is 0 Å². The van der Waals surface area contributed by atoms with Gasteiger partial charge in [0.15, 0.2) is 6.29 Å². The molecule has 3 unspecified atom stereocenters. The Morgan fingerprint density at radius 3 is 1.73 bits per heavy atom. The zero-order chi connectivity index (χ0) is 9.02. The molecular weight excluding hydrogens is 140 g/mol. The molecule has 0 aromatic carbocycles. The molecule has 0 radical (unpaired) electrons. The van der Waals surface area contributed by atoms with Gasteiger partial charge in [-0.1, -0.05) is 34.1 Å². The van der Waals surface area contributed by atoms with E-state index in [0.29, 0.717) is 11.8 Å². The van der Waals surface area contributed by atoms with Gasteiger partial charge in [0, 0.05) is 5.92 Å². The van der Waals surface area contributed by atoms with Gasteiger partial charge in [0.1, 0.15) is 0 Å². The highest BCUT2D eigenvalue weighted by molar-refractivity contribution is 4.68. The zero-order valence-corrected chi connectivity index (χ0v) is 7.91. The van der Waals surface area contributed by atoms with Gasteiger partial charge in [-0.2, -0.15) is 0 Å². The summed E-state index contributed by atoms with van der Waals surface area (Å²) >= 11 is 0. The van der Waals surface area contributed by atoms with E-state index in [1.807, 2.05) is 6.92 Å². The van der Waals surface area contributed by atoms with Crippen molar-refractivity contribution in [2.45, 2.75) is 40.4 Å². The fourth-order valence-corrected chi connectivity index (χ4v) is 1.16. The van der Waals surface area contributed by atoms with Crippen LogP contribution in [0.1, 0.15) is 34.1 Å². The molecule has 68 valence electrons. The molecule has 0 saturated carbocycles. The van der Waals surface area contributed by atoms with E-state index in [0.717, 1.165) is 6.42 Å². The van der Waals surface area contributed by atoms with Crippen molar-refractivity contribution in [3.05, 3.63) is 0 Å². The Kier molecular flexibility index (Phi) is 4.69. The normalized spacial score (nSPS) is 19.9. The molecule has 2 N–H and O–H groups in total. The average molecular weight is 160 g/mol. The van der Waals surface area contributed by atoms with Crippen LogP contribution in [0.4, 0.5) is 0 Å². The van der Waals surface area contributed by atoms with E-state index in [4.69, 9.17) is 10.2 Å². The first-order chi connectivity index (χ1) is 5.00. The third-order valence-electron chi connectivity index (χ3n) is 2.84. The van der Waals surface area contributed by atoms with Crippen molar-refractivity contribution in [3.63, 3.8) is 0 Å². The topological polar surface area (TPSA) is 40.5 Å². The zero-order valence-electron chi connectivity index (χ0n) is 7.91. The molecule has 2 heteroatoms. The lowest BCUT2D eigenvalue weighted by molar-refractivity contribution is -0.0982. The quantitative estimate of drug-likeness (QED) is 0.613. The van der Waals surface area contributed by atoms with E-state index in [-0.39, 0.29) is 5.92 Å². The molecule has 0 spiro atoms. The second-order valence-electron chi connectivity index (χ2n) is 3.52. The maximum atomic E-state index is 8.89. The minimum Gasteiger partial charge on any atom is -0.368 e. The molecule has 0 aromatic heterocycles. The lowest BCUT2D eigenvalue weighted by atomic mass is 9.83. The molecule has 11 heavy (non-hydrogen) atoms. The van der Waals surface area contributed by atoms with Crippen molar-refractivity contribution >= 4 is 0 Å². The van der Waals surface area contributed by atoms with Crippen molar-refractivity contribution in [3.8, 4) is 0 Å². The number of aliphatic hydroxyl groups is 2. The SMILES string of the molecule is CCC(C)C(C)C(C)C(O)O. The average Bonchev–Trinajstić information content (AvgIpc) is 2.00. The molecule has 0 rings (SSSR count). The summed E-state index contributed by atoms with van der Waals surface area (Å²) in [6.45, 7) is 8.21. The molecule has 0 bridgehead atoms. The van der Waals surface area contributed by atoms with E-state index in [2.05, 4.69) is 20.8 Å². The predicted molar refractivity (Wildman–Crippen MR) is 46.0 cm³/mol. The molecule has 2 nitrogen and oxygen atoms in total. The summed E-state index contributed by atoms with van der Waals surface area (Å²) in [6, 6.07) is 0. The van der Waals surface area contributed by atoms with Crippen LogP contribution < -0.4 is 0 Å². The summed E-state index contributed by atoms with van der Waals surface area (Å²) in [5, 5.41) is 17.8. The third kappa shape index (κ3) is 3.21. The van der Waals surface area contributed by atoms with E-state index in [9.17, 15) is 0 Å². The van der Waals surface area contributed by atoms with Crippen LogP contribution in [-0.2, 0) is 0 Å². The van der Waals surface area contributed by atoms with Gasteiger partial charge in [-0.3, -0.25) is 0 Å². The molecule has 0 aliphatic heterocycles. The number of rotatable bonds is 4. The first-order valence-corrected chi connectivity index (χ1v) is 4.36. The van der Waals surface area contributed by atoms with Gasteiger partial charge in [0.05, 0.1) is 0 Å². The molecule has 3 atom stereocenters. The lowest BCUT2D eigenvalue weighted by Crippen LogP contribution is -2.27. The standard InChI is InChI=1S/C9H20O2/c1-5-6(2)7(3)8(4)9(10)11/h6-11H,5H2,1-4H3. The molecule has 0 fully saturated rings. The third-order valence-corrected chi connectivity index (χ3v) is 2.84. The Hall–Kier alpha value is -0.0800. The molecule has 0 saturated heterocycles. The fourth-order valence-electron chi connectivity index (χ4n) is 1.16. The Labute approximate surface area is 69.2 Å². The first kappa shape index (κ1) is 10.9. The molecule has 0 amide bonds. The highest BCUT2D eigenvalue weighted by Crippen LogP contribution is 2.24. The van der Waals surface area contributed by atoms with Crippen LogP contribution in [0.2, 0.25) is 0 Å². The number of aliphatic hydroxyl groups excluding tert-OH is 1. The Bertz CT molecular complexity index is 102. The Morgan fingerprint density at radius 2 is 1.45 bits per heavy atom. The second-order valence-corrected chi connectivity index (χ2v) is 3.52. The highest BCUT2D eigenvalue weighted by atomic mass is 16.5. The molecule has 0 aromatic rings. The molecule has 0 aliphatic carbocycles.